The summed E-state index contributed by atoms with van der Waals surface area (Å²) in [4.78, 5) is 17.3. The minimum atomic E-state index is -0.531. The molecule has 1 aromatic heterocycles. The Hall–Kier alpha value is -1.49. The lowest BCUT2D eigenvalue weighted by Crippen LogP contribution is -2.14. The molecule has 5 nitrogen and oxygen atoms in total. The van der Waals surface area contributed by atoms with Crippen molar-refractivity contribution in [1.82, 2.24) is 4.98 Å². The highest BCUT2D eigenvalue weighted by Gasteiger charge is 2.18. The predicted octanol–water partition coefficient (Wildman–Crippen LogP) is 1.60. The van der Waals surface area contributed by atoms with Crippen LogP contribution < -0.4 is 9.64 Å². The number of rotatable bonds is 3. The van der Waals surface area contributed by atoms with E-state index in [1.54, 1.807) is 19.0 Å². The van der Waals surface area contributed by atoms with E-state index in [0.29, 0.717) is 10.8 Å². The van der Waals surface area contributed by atoms with Gasteiger partial charge in [0, 0.05) is 14.1 Å². The molecule has 1 aromatic rings. The van der Waals surface area contributed by atoms with Gasteiger partial charge in [0.15, 0.2) is 5.82 Å². The number of carbonyl (C=O) groups excluding carboxylic acids is 1. The Morgan fingerprint density at radius 2 is 2.06 bits per heavy atom. The smallest absolute Gasteiger partial charge is 0.343 e. The third-order valence-corrected chi connectivity index (χ3v) is 2.22. The van der Waals surface area contributed by atoms with Crippen molar-refractivity contribution in [3.63, 3.8) is 0 Å². The number of anilines is 1. The van der Waals surface area contributed by atoms with Crippen LogP contribution in [0.15, 0.2) is 6.07 Å². The van der Waals surface area contributed by atoms with Crippen LogP contribution in [0, 0.1) is 0 Å². The monoisotopic (exact) mass is 244 g/mol. The summed E-state index contributed by atoms with van der Waals surface area (Å²) in [6, 6.07) is 1.48. The van der Waals surface area contributed by atoms with Gasteiger partial charge in [-0.3, -0.25) is 0 Å². The molecule has 1 heterocycles. The lowest BCUT2D eigenvalue weighted by Gasteiger charge is -2.15. The molecule has 88 valence electrons. The third kappa shape index (κ3) is 2.36. The van der Waals surface area contributed by atoms with Crippen LogP contribution in [0.1, 0.15) is 10.4 Å². The number of nitrogens with zero attached hydrogens (tertiary/aromatic N) is 2. The molecule has 0 aliphatic carbocycles. The van der Waals surface area contributed by atoms with Crippen molar-refractivity contribution in [3.05, 3.63) is 16.7 Å². The number of carbonyl (C=O) groups is 1. The Bertz CT molecular complexity index is 407. The molecule has 0 aliphatic heterocycles. The molecule has 0 unspecified atom stereocenters. The van der Waals surface area contributed by atoms with E-state index in [-0.39, 0.29) is 11.4 Å². The van der Waals surface area contributed by atoms with Crippen molar-refractivity contribution in [2.24, 2.45) is 0 Å². The zero-order chi connectivity index (χ0) is 12.3. The van der Waals surface area contributed by atoms with Crippen molar-refractivity contribution in [1.29, 1.82) is 0 Å². The second-order valence-electron chi connectivity index (χ2n) is 3.24. The quantitative estimate of drug-likeness (QED) is 0.756. The van der Waals surface area contributed by atoms with Gasteiger partial charge in [-0.15, -0.1) is 0 Å². The minimum Gasteiger partial charge on any atom is -0.480 e. The summed E-state index contributed by atoms with van der Waals surface area (Å²) in [6.07, 6.45) is 0. The van der Waals surface area contributed by atoms with Gasteiger partial charge in [-0.25, -0.2) is 4.79 Å². The summed E-state index contributed by atoms with van der Waals surface area (Å²) in [7, 11) is 6.31. The number of aromatic nitrogens is 1. The SMILES string of the molecule is COC(=O)c1cc(Cl)c(N(C)C)nc1OC. The average Bonchev–Trinajstić information content (AvgIpc) is 2.27. The van der Waals surface area contributed by atoms with E-state index in [9.17, 15) is 4.79 Å². The highest BCUT2D eigenvalue weighted by molar-refractivity contribution is 6.33. The minimum absolute atomic E-state index is 0.194. The first-order valence-electron chi connectivity index (χ1n) is 4.51. The average molecular weight is 245 g/mol. The van der Waals surface area contributed by atoms with Gasteiger partial charge in [-0.2, -0.15) is 4.98 Å². The lowest BCUT2D eigenvalue weighted by molar-refractivity contribution is 0.0596. The first-order valence-corrected chi connectivity index (χ1v) is 4.89. The largest absolute Gasteiger partial charge is 0.480 e. The highest BCUT2D eigenvalue weighted by atomic mass is 35.5. The van der Waals surface area contributed by atoms with Gasteiger partial charge in [0.2, 0.25) is 5.88 Å². The third-order valence-electron chi connectivity index (χ3n) is 1.94. The van der Waals surface area contributed by atoms with Crippen LogP contribution in [-0.4, -0.2) is 39.3 Å². The molecule has 0 spiro atoms. The van der Waals surface area contributed by atoms with Gasteiger partial charge in [-0.05, 0) is 6.07 Å². The molecule has 6 heteroatoms. The Morgan fingerprint density at radius 1 is 1.44 bits per heavy atom. The summed E-state index contributed by atoms with van der Waals surface area (Å²) in [6.45, 7) is 0. The van der Waals surface area contributed by atoms with E-state index in [0.717, 1.165) is 0 Å². The van der Waals surface area contributed by atoms with E-state index in [2.05, 4.69) is 9.72 Å². The van der Waals surface area contributed by atoms with Crippen molar-refractivity contribution in [2.75, 3.05) is 33.2 Å². The molecule has 0 aromatic carbocycles. The zero-order valence-corrected chi connectivity index (χ0v) is 10.3. The van der Waals surface area contributed by atoms with Crippen LogP contribution >= 0.6 is 11.6 Å². The number of hydrogen-bond acceptors (Lipinski definition) is 5. The van der Waals surface area contributed by atoms with Crippen molar-refractivity contribution in [3.8, 4) is 5.88 Å². The molecule has 1 rings (SSSR count). The topological polar surface area (TPSA) is 51.7 Å². The van der Waals surface area contributed by atoms with Crippen molar-refractivity contribution in [2.45, 2.75) is 0 Å². The summed E-state index contributed by atoms with van der Waals surface area (Å²) < 4.78 is 9.62. The fourth-order valence-corrected chi connectivity index (χ4v) is 1.51. The lowest BCUT2D eigenvalue weighted by atomic mass is 10.2. The molecule has 0 amide bonds. The summed E-state index contributed by atoms with van der Waals surface area (Å²) >= 11 is 5.99. The first-order chi connectivity index (χ1) is 7.51. The molecular weight excluding hydrogens is 232 g/mol. The van der Waals surface area contributed by atoms with E-state index in [4.69, 9.17) is 16.3 Å². The van der Waals surface area contributed by atoms with Gasteiger partial charge in [0.05, 0.1) is 19.2 Å². The number of pyridine rings is 1. The van der Waals surface area contributed by atoms with Crippen LogP contribution in [-0.2, 0) is 4.74 Å². The van der Waals surface area contributed by atoms with Gasteiger partial charge in [-0.1, -0.05) is 11.6 Å². The predicted molar refractivity (Wildman–Crippen MR) is 61.5 cm³/mol. The van der Waals surface area contributed by atoms with Crippen LogP contribution in [0.25, 0.3) is 0 Å². The first kappa shape index (κ1) is 12.6. The van der Waals surface area contributed by atoms with Gasteiger partial charge < -0.3 is 14.4 Å². The molecule has 0 atom stereocenters. The maximum atomic E-state index is 11.4. The van der Waals surface area contributed by atoms with E-state index >= 15 is 0 Å². The number of halogens is 1. The zero-order valence-electron chi connectivity index (χ0n) is 9.57. The normalized spacial score (nSPS) is 9.81. The summed E-state index contributed by atoms with van der Waals surface area (Å²) in [5, 5.41) is 0.367. The van der Waals surface area contributed by atoms with Crippen LogP contribution in [0.2, 0.25) is 5.02 Å². The number of hydrogen-bond donors (Lipinski definition) is 0. The number of esters is 1. The second kappa shape index (κ2) is 5.03. The fraction of sp³-hybridized carbons (Fsp3) is 0.400. The van der Waals surface area contributed by atoms with Crippen LogP contribution in [0.5, 0.6) is 5.88 Å². The Labute approximate surface area is 98.9 Å². The summed E-state index contributed by atoms with van der Waals surface area (Å²) in [5.74, 6) is 0.197. The van der Waals surface area contributed by atoms with Crippen molar-refractivity contribution >= 4 is 23.4 Å². The van der Waals surface area contributed by atoms with E-state index in [1.807, 2.05) is 0 Å². The standard InChI is InChI=1S/C10H13ClN2O3/c1-13(2)8-7(11)5-6(10(14)16-4)9(12-8)15-3/h5H,1-4H3. The fourth-order valence-electron chi connectivity index (χ4n) is 1.19. The van der Waals surface area contributed by atoms with E-state index < -0.39 is 5.97 Å². The number of ether oxygens (including phenoxy) is 2. The maximum absolute atomic E-state index is 11.4. The maximum Gasteiger partial charge on any atom is 0.343 e. The molecule has 0 saturated carbocycles. The Kier molecular flexibility index (Phi) is 3.95. The highest BCUT2D eigenvalue weighted by Crippen LogP contribution is 2.28. The summed E-state index contributed by atoms with van der Waals surface area (Å²) in [5.41, 5.74) is 0.209. The van der Waals surface area contributed by atoms with Crippen molar-refractivity contribution < 1.29 is 14.3 Å². The Balaban J connectivity index is 3.32. The van der Waals surface area contributed by atoms with Gasteiger partial charge in [0.1, 0.15) is 5.56 Å². The second-order valence-corrected chi connectivity index (χ2v) is 3.64. The molecular formula is C10H13ClN2O3. The van der Waals surface area contributed by atoms with E-state index in [1.165, 1.54) is 20.3 Å². The molecule has 0 saturated heterocycles. The molecule has 0 radical (unpaired) electrons. The van der Waals surface area contributed by atoms with Gasteiger partial charge >= 0.3 is 5.97 Å². The van der Waals surface area contributed by atoms with Gasteiger partial charge in [0.25, 0.3) is 0 Å². The Morgan fingerprint density at radius 3 is 2.50 bits per heavy atom. The molecule has 0 bridgehead atoms. The molecule has 0 N–H and O–H groups in total. The molecule has 16 heavy (non-hydrogen) atoms. The number of methoxy groups -OCH3 is 2. The van der Waals surface area contributed by atoms with Crippen LogP contribution in [0.3, 0.4) is 0 Å². The van der Waals surface area contributed by atoms with Crippen LogP contribution in [0.4, 0.5) is 5.82 Å². The molecule has 0 fully saturated rings. The molecule has 0 aliphatic rings.